The molecule has 3 aliphatic rings. The Kier molecular flexibility index (Phi) is 3.49. The third-order valence-electron chi connectivity index (χ3n) is 7.56. The molecule has 22 heavy (non-hydrogen) atoms. The zero-order valence-corrected chi connectivity index (χ0v) is 14.9. The van der Waals surface area contributed by atoms with E-state index in [1.165, 1.54) is 25.7 Å². The Hall–Kier alpha value is -0.570. The molecule has 0 aromatic carbocycles. The fraction of sp³-hybridized carbons (Fsp3) is 0.947. The molecule has 1 aliphatic heterocycles. The number of ether oxygens (including phenoxy) is 1. The maximum Gasteiger partial charge on any atom is 0.335 e. The van der Waals surface area contributed by atoms with Crippen molar-refractivity contribution in [3.63, 3.8) is 0 Å². The van der Waals surface area contributed by atoms with Crippen LogP contribution in [0.2, 0.25) is 0 Å². The largest absolute Gasteiger partial charge is 0.479 e. The first-order valence-electron chi connectivity index (χ1n) is 8.97. The van der Waals surface area contributed by atoms with Gasteiger partial charge < -0.3 is 9.84 Å². The maximum absolute atomic E-state index is 11.6. The van der Waals surface area contributed by atoms with Crippen molar-refractivity contribution >= 4 is 5.97 Å². The first-order chi connectivity index (χ1) is 10.0. The summed E-state index contributed by atoms with van der Waals surface area (Å²) in [7, 11) is 0. The van der Waals surface area contributed by atoms with E-state index in [-0.39, 0.29) is 5.60 Å². The van der Waals surface area contributed by atoms with Crippen molar-refractivity contribution in [2.75, 3.05) is 0 Å². The third kappa shape index (κ3) is 2.15. The van der Waals surface area contributed by atoms with Gasteiger partial charge in [-0.2, -0.15) is 0 Å². The lowest BCUT2D eigenvalue weighted by atomic mass is 9.44. The maximum atomic E-state index is 11.6. The molecule has 126 valence electrons. The molecule has 5 unspecified atom stereocenters. The highest BCUT2D eigenvalue weighted by Crippen LogP contribution is 2.65. The van der Waals surface area contributed by atoms with Crippen LogP contribution < -0.4 is 0 Å². The predicted octanol–water partition coefficient (Wildman–Crippen LogP) is 4.64. The number of carboxylic acid groups (broad SMARTS) is 1. The summed E-state index contributed by atoms with van der Waals surface area (Å²) in [6.07, 6.45) is 7.70. The lowest BCUT2D eigenvalue weighted by Crippen LogP contribution is -2.64. The van der Waals surface area contributed by atoms with E-state index in [0.29, 0.717) is 23.2 Å². The van der Waals surface area contributed by atoms with Crippen molar-refractivity contribution in [3.8, 4) is 0 Å². The summed E-state index contributed by atoms with van der Waals surface area (Å²) in [6, 6.07) is 0. The Labute approximate surface area is 134 Å². The minimum Gasteiger partial charge on any atom is -0.479 e. The van der Waals surface area contributed by atoms with Crippen molar-refractivity contribution in [2.45, 2.75) is 90.8 Å². The number of fused-ring (bicyclic) bond motifs is 3. The summed E-state index contributed by atoms with van der Waals surface area (Å²) in [5.41, 5.74) is -0.570. The molecule has 3 heteroatoms. The van der Waals surface area contributed by atoms with Crippen molar-refractivity contribution in [1.29, 1.82) is 0 Å². The Morgan fingerprint density at radius 1 is 0.955 bits per heavy atom. The van der Waals surface area contributed by atoms with E-state index >= 15 is 0 Å². The topological polar surface area (TPSA) is 46.5 Å². The van der Waals surface area contributed by atoms with Crippen molar-refractivity contribution in [3.05, 3.63) is 0 Å². The molecular weight excluding hydrogens is 276 g/mol. The minimum atomic E-state index is -1.00. The Balaban J connectivity index is 1.94. The Morgan fingerprint density at radius 3 is 2.23 bits per heavy atom. The fourth-order valence-electron chi connectivity index (χ4n) is 6.50. The highest BCUT2D eigenvalue weighted by atomic mass is 16.5. The van der Waals surface area contributed by atoms with Gasteiger partial charge in [0, 0.05) is 0 Å². The number of carbonyl (C=O) groups is 1. The van der Waals surface area contributed by atoms with Gasteiger partial charge in [-0.3, -0.25) is 0 Å². The molecule has 0 aromatic rings. The van der Waals surface area contributed by atoms with Crippen LogP contribution in [0.5, 0.6) is 0 Å². The zero-order valence-electron chi connectivity index (χ0n) is 14.9. The quantitative estimate of drug-likeness (QED) is 0.767. The predicted molar refractivity (Wildman–Crippen MR) is 86.7 cm³/mol. The molecule has 0 spiro atoms. The van der Waals surface area contributed by atoms with Crippen LogP contribution in [-0.4, -0.2) is 22.3 Å². The summed E-state index contributed by atoms with van der Waals surface area (Å²) in [4.78, 5) is 11.6. The van der Waals surface area contributed by atoms with Gasteiger partial charge in [-0.25, -0.2) is 4.79 Å². The normalized spacial score (nSPS) is 50.8. The van der Waals surface area contributed by atoms with Crippen LogP contribution in [0.1, 0.15) is 79.6 Å². The van der Waals surface area contributed by atoms with E-state index in [1.807, 2.05) is 0 Å². The molecule has 2 aliphatic carbocycles. The van der Waals surface area contributed by atoms with E-state index < -0.39 is 11.6 Å². The molecule has 0 radical (unpaired) electrons. The third-order valence-corrected chi connectivity index (χ3v) is 7.56. The molecule has 3 nitrogen and oxygen atoms in total. The van der Waals surface area contributed by atoms with Crippen molar-refractivity contribution < 1.29 is 14.6 Å². The zero-order chi connectivity index (χ0) is 16.4. The first-order valence-corrected chi connectivity index (χ1v) is 8.97. The number of aliphatic carboxylic acids is 1. The van der Waals surface area contributed by atoms with Crippen LogP contribution in [0, 0.1) is 22.7 Å². The van der Waals surface area contributed by atoms with Crippen LogP contribution in [0.15, 0.2) is 0 Å². The van der Waals surface area contributed by atoms with Gasteiger partial charge in [-0.1, -0.05) is 27.2 Å². The van der Waals surface area contributed by atoms with Gasteiger partial charge in [-0.15, -0.1) is 0 Å². The first kappa shape index (κ1) is 16.3. The summed E-state index contributed by atoms with van der Waals surface area (Å²) < 4.78 is 6.31. The molecule has 5 atom stereocenters. The summed E-state index contributed by atoms with van der Waals surface area (Å²) >= 11 is 0. The summed E-state index contributed by atoms with van der Waals surface area (Å²) in [6.45, 7) is 11.3. The van der Waals surface area contributed by atoms with E-state index in [2.05, 4.69) is 27.7 Å². The fourth-order valence-corrected chi connectivity index (χ4v) is 6.50. The second-order valence-electron chi connectivity index (χ2n) is 9.48. The Morgan fingerprint density at radius 2 is 1.59 bits per heavy atom. The van der Waals surface area contributed by atoms with E-state index in [4.69, 9.17) is 4.74 Å². The van der Waals surface area contributed by atoms with Crippen molar-refractivity contribution in [2.24, 2.45) is 22.7 Å². The van der Waals surface area contributed by atoms with Crippen LogP contribution in [0.3, 0.4) is 0 Å². The summed E-state index contributed by atoms with van der Waals surface area (Å²) in [5.74, 6) is 0.429. The van der Waals surface area contributed by atoms with Gasteiger partial charge in [0.05, 0.1) is 5.60 Å². The molecule has 0 amide bonds. The van der Waals surface area contributed by atoms with Crippen LogP contribution in [-0.2, 0) is 9.53 Å². The standard InChI is InChI=1S/C19H32O3/c1-16(2)9-6-10-17(3)13(16)7-11-18(4)14(17)8-12-19(5,22-18)15(20)21/h13-14H,6-12H2,1-5H3,(H,20,21). The number of carboxylic acids is 1. The van der Waals surface area contributed by atoms with E-state index in [1.54, 1.807) is 6.92 Å². The molecule has 0 aromatic heterocycles. The minimum absolute atomic E-state index is 0.274. The van der Waals surface area contributed by atoms with Crippen molar-refractivity contribution in [1.82, 2.24) is 0 Å². The van der Waals surface area contributed by atoms with Crippen LogP contribution >= 0.6 is 0 Å². The lowest BCUT2D eigenvalue weighted by molar-refractivity contribution is -0.265. The molecule has 0 bridgehead atoms. The van der Waals surface area contributed by atoms with Crippen LogP contribution in [0.4, 0.5) is 0 Å². The molecule has 3 rings (SSSR count). The van der Waals surface area contributed by atoms with E-state index in [0.717, 1.165) is 18.8 Å². The number of hydrogen-bond donors (Lipinski definition) is 1. The van der Waals surface area contributed by atoms with Gasteiger partial charge in [0.25, 0.3) is 0 Å². The van der Waals surface area contributed by atoms with Gasteiger partial charge >= 0.3 is 5.97 Å². The highest BCUT2D eigenvalue weighted by Gasteiger charge is 2.62. The van der Waals surface area contributed by atoms with Crippen LogP contribution in [0.25, 0.3) is 0 Å². The molecule has 1 N–H and O–H groups in total. The van der Waals surface area contributed by atoms with Gasteiger partial charge in [0.15, 0.2) is 5.60 Å². The molecular formula is C19H32O3. The van der Waals surface area contributed by atoms with Gasteiger partial charge in [-0.05, 0) is 75.0 Å². The smallest absolute Gasteiger partial charge is 0.335 e. The molecule has 3 fully saturated rings. The molecule has 1 heterocycles. The van der Waals surface area contributed by atoms with Gasteiger partial charge in [0.2, 0.25) is 0 Å². The second-order valence-corrected chi connectivity index (χ2v) is 9.48. The average molecular weight is 308 g/mol. The highest BCUT2D eigenvalue weighted by molar-refractivity contribution is 5.77. The monoisotopic (exact) mass is 308 g/mol. The average Bonchev–Trinajstić information content (AvgIpc) is 2.36. The SMILES string of the molecule is CC1(C(=O)O)CCC2C(C)(CCC3C(C)(C)CCCC32C)O1. The molecule has 1 saturated heterocycles. The lowest BCUT2D eigenvalue weighted by Gasteiger charge is -2.64. The van der Waals surface area contributed by atoms with Gasteiger partial charge in [0.1, 0.15) is 0 Å². The van der Waals surface area contributed by atoms with E-state index in [9.17, 15) is 9.90 Å². The molecule has 2 saturated carbocycles. The second kappa shape index (κ2) is 4.72. The summed E-state index contributed by atoms with van der Waals surface area (Å²) in [5, 5.41) is 9.56. The Bertz CT molecular complexity index is 485. The number of rotatable bonds is 1. The number of hydrogen-bond acceptors (Lipinski definition) is 2.